The van der Waals surface area contributed by atoms with Crippen LogP contribution in [0, 0.1) is 5.41 Å². The second-order valence-electron chi connectivity index (χ2n) is 10.0. The number of aliphatic carboxylic acids is 1. The summed E-state index contributed by atoms with van der Waals surface area (Å²) in [6.07, 6.45) is 3.43. The van der Waals surface area contributed by atoms with Crippen LogP contribution < -0.4 is 0 Å². The summed E-state index contributed by atoms with van der Waals surface area (Å²) in [6, 6.07) is 17.2. The van der Waals surface area contributed by atoms with Crippen LogP contribution in [0.4, 0.5) is 0 Å². The van der Waals surface area contributed by atoms with Crippen molar-refractivity contribution in [3.8, 4) is 0 Å². The molecule has 1 fully saturated rings. The van der Waals surface area contributed by atoms with E-state index >= 15 is 0 Å². The molecule has 7 heteroatoms. The number of hydrogen-bond acceptors (Lipinski definition) is 4. The fraction of sp³-hybridized carbons (Fsp3) is 0.444. The van der Waals surface area contributed by atoms with Crippen LogP contribution in [0.25, 0.3) is 11.0 Å². The lowest BCUT2D eigenvalue weighted by Gasteiger charge is -2.30. The Bertz CT molecular complexity index is 1150. The summed E-state index contributed by atoms with van der Waals surface area (Å²) in [5.41, 5.74) is 2.21. The quantitative estimate of drug-likeness (QED) is 0.310. The van der Waals surface area contributed by atoms with E-state index in [1.807, 2.05) is 84.8 Å². The molecule has 1 heterocycles. The van der Waals surface area contributed by atoms with Crippen molar-refractivity contribution in [2.75, 3.05) is 12.3 Å². The van der Waals surface area contributed by atoms with Gasteiger partial charge in [0.05, 0.1) is 17.5 Å². The van der Waals surface area contributed by atoms with E-state index in [4.69, 9.17) is 4.98 Å². The number of amides is 1. The highest BCUT2D eigenvalue weighted by Gasteiger charge is 2.36. The van der Waals surface area contributed by atoms with Gasteiger partial charge in [-0.05, 0) is 42.4 Å². The first-order chi connectivity index (χ1) is 16.3. The lowest BCUT2D eigenvalue weighted by atomic mass is 9.86. The Balaban J connectivity index is 1.45. The largest absolute Gasteiger partial charge is 0.480 e. The van der Waals surface area contributed by atoms with Crippen molar-refractivity contribution in [2.45, 2.75) is 63.7 Å². The van der Waals surface area contributed by atoms with Crippen molar-refractivity contribution in [1.29, 1.82) is 0 Å². The number of carbonyl (C=O) groups excluding carboxylic acids is 1. The molecule has 1 N–H and O–H groups in total. The van der Waals surface area contributed by atoms with Crippen LogP contribution in [0.5, 0.6) is 0 Å². The SMILES string of the molecule is CC(C)(C)C(C(=O)O)n1c(SCCCN(C(=O)Cc2ccccc2)C2CC2)nc2ccccc21. The van der Waals surface area contributed by atoms with Crippen molar-refractivity contribution < 1.29 is 14.7 Å². The molecule has 0 radical (unpaired) electrons. The average molecular weight is 480 g/mol. The summed E-state index contributed by atoms with van der Waals surface area (Å²) in [5.74, 6) is 0.0929. The lowest BCUT2D eigenvalue weighted by molar-refractivity contribution is -0.144. The summed E-state index contributed by atoms with van der Waals surface area (Å²) in [6.45, 7) is 6.55. The molecule has 3 aromatic rings. The molecule has 1 aliphatic rings. The number of aromatic nitrogens is 2. The maximum atomic E-state index is 12.9. The first-order valence-corrected chi connectivity index (χ1v) is 12.9. The van der Waals surface area contributed by atoms with Crippen LogP contribution in [0.1, 0.15) is 51.6 Å². The zero-order valence-electron chi connectivity index (χ0n) is 20.1. The van der Waals surface area contributed by atoms with E-state index in [-0.39, 0.29) is 5.91 Å². The molecule has 0 bridgehead atoms. The second kappa shape index (κ2) is 10.2. The van der Waals surface area contributed by atoms with Crippen LogP contribution in [-0.4, -0.2) is 49.8 Å². The summed E-state index contributed by atoms with van der Waals surface area (Å²) >= 11 is 1.57. The monoisotopic (exact) mass is 479 g/mol. The number of fused-ring (bicyclic) bond motifs is 1. The fourth-order valence-corrected chi connectivity index (χ4v) is 5.37. The second-order valence-corrected chi connectivity index (χ2v) is 11.1. The van der Waals surface area contributed by atoms with Gasteiger partial charge in [-0.25, -0.2) is 9.78 Å². The third-order valence-corrected chi connectivity index (χ3v) is 7.20. The average Bonchev–Trinajstić information content (AvgIpc) is 3.56. The van der Waals surface area contributed by atoms with Gasteiger partial charge in [0.25, 0.3) is 0 Å². The molecule has 1 amide bonds. The van der Waals surface area contributed by atoms with Crippen molar-refractivity contribution in [1.82, 2.24) is 14.5 Å². The number of benzene rings is 2. The van der Waals surface area contributed by atoms with E-state index in [9.17, 15) is 14.7 Å². The summed E-state index contributed by atoms with van der Waals surface area (Å²) in [4.78, 5) is 32.0. The van der Waals surface area contributed by atoms with Crippen molar-refractivity contribution in [3.05, 3.63) is 60.2 Å². The first-order valence-electron chi connectivity index (χ1n) is 11.9. The minimum atomic E-state index is -0.857. The van der Waals surface area contributed by atoms with E-state index in [1.165, 1.54) is 0 Å². The Kier molecular flexibility index (Phi) is 7.31. The Morgan fingerprint density at radius 1 is 1.12 bits per heavy atom. The van der Waals surface area contributed by atoms with Gasteiger partial charge in [0.1, 0.15) is 6.04 Å². The molecule has 0 saturated heterocycles. The molecule has 1 unspecified atom stereocenters. The van der Waals surface area contributed by atoms with Crippen LogP contribution in [0.3, 0.4) is 0 Å². The highest BCUT2D eigenvalue weighted by Crippen LogP contribution is 2.37. The molecule has 0 aliphatic heterocycles. The van der Waals surface area contributed by atoms with Crippen molar-refractivity contribution in [3.63, 3.8) is 0 Å². The summed E-state index contributed by atoms with van der Waals surface area (Å²) < 4.78 is 1.88. The Morgan fingerprint density at radius 2 is 1.79 bits per heavy atom. The van der Waals surface area contributed by atoms with Gasteiger partial charge < -0.3 is 14.6 Å². The normalized spacial score (nSPS) is 14.8. The van der Waals surface area contributed by atoms with Gasteiger partial charge in [0.15, 0.2) is 5.16 Å². The van der Waals surface area contributed by atoms with Crippen LogP contribution >= 0.6 is 11.8 Å². The molecule has 1 saturated carbocycles. The number of carbonyl (C=O) groups is 2. The fourth-order valence-electron chi connectivity index (χ4n) is 4.41. The van der Waals surface area contributed by atoms with Gasteiger partial charge in [-0.1, -0.05) is 75.0 Å². The predicted molar refractivity (Wildman–Crippen MR) is 136 cm³/mol. The van der Waals surface area contributed by atoms with Crippen molar-refractivity contribution >= 4 is 34.7 Å². The number of carboxylic acids is 1. The van der Waals surface area contributed by atoms with E-state index in [1.54, 1.807) is 11.8 Å². The number of imidazole rings is 1. The topological polar surface area (TPSA) is 75.4 Å². The molecule has 34 heavy (non-hydrogen) atoms. The first kappa shape index (κ1) is 24.3. The van der Waals surface area contributed by atoms with Gasteiger partial charge >= 0.3 is 5.97 Å². The van der Waals surface area contributed by atoms with E-state index in [2.05, 4.69) is 0 Å². The Hall–Kier alpha value is -2.80. The lowest BCUT2D eigenvalue weighted by Crippen LogP contribution is -2.35. The molecule has 6 nitrogen and oxygen atoms in total. The van der Waals surface area contributed by atoms with Gasteiger partial charge in [-0.3, -0.25) is 4.79 Å². The number of hydrogen-bond donors (Lipinski definition) is 1. The van der Waals surface area contributed by atoms with Gasteiger partial charge in [0.2, 0.25) is 5.91 Å². The maximum Gasteiger partial charge on any atom is 0.327 e. The van der Waals surface area contributed by atoms with E-state index in [0.29, 0.717) is 19.0 Å². The molecule has 2 aromatic carbocycles. The Labute approximate surface area is 205 Å². The molecule has 1 atom stereocenters. The Morgan fingerprint density at radius 3 is 2.44 bits per heavy atom. The van der Waals surface area contributed by atoms with Gasteiger partial charge in [-0.2, -0.15) is 0 Å². The third-order valence-electron chi connectivity index (χ3n) is 6.16. The predicted octanol–water partition coefficient (Wildman–Crippen LogP) is 5.42. The highest BCUT2D eigenvalue weighted by molar-refractivity contribution is 7.99. The van der Waals surface area contributed by atoms with Crippen LogP contribution in [-0.2, 0) is 16.0 Å². The highest BCUT2D eigenvalue weighted by atomic mass is 32.2. The minimum Gasteiger partial charge on any atom is -0.480 e. The summed E-state index contributed by atoms with van der Waals surface area (Å²) in [7, 11) is 0. The number of para-hydroxylation sites is 2. The standard InChI is InChI=1S/C27H33N3O3S/c1-27(2,3)24(25(32)33)30-22-13-8-7-12-21(22)28-26(30)34-17-9-16-29(20-14-15-20)23(31)18-19-10-5-4-6-11-19/h4-8,10-13,20,24H,9,14-18H2,1-3H3,(H,32,33). The van der Waals surface area contributed by atoms with Crippen LogP contribution in [0.2, 0.25) is 0 Å². The third kappa shape index (κ3) is 5.63. The zero-order chi connectivity index (χ0) is 24.3. The molecular formula is C27H33N3O3S. The van der Waals surface area contributed by atoms with Gasteiger partial charge in [0, 0.05) is 18.3 Å². The van der Waals surface area contributed by atoms with E-state index < -0.39 is 17.4 Å². The smallest absolute Gasteiger partial charge is 0.327 e. The van der Waals surface area contributed by atoms with Crippen molar-refractivity contribution in [2.24, 2.45) is 5.41 Å². The number of rotatable bonds is 10. The number of thioether (sulfide) groups is 1. The summed E-state index contributed by atoms with van der Waals surface area (Å²) in [5, 5.41) is 10.8. The van der Waals surface area contributed by atoms with Gasteiger partial charge in [-0.15, -0.1) is 0 Å². The number of carboxylic acid groups (broad SMARTS) is 1. The molecule has 1 aromatic heterocycles. The maximum absolute atomic E-state index is 12.9. The molecule has 4 rings (SSSR count). The molecular weight excluding hydrogens is 446 g/mol. The number of nitrogens with zero attached hydrogens (tertiary/aromatic N) is 3. The zero-order valence-corrected chi connectivity index (χ0v) is 20.9. The molecule has 0 spiro atoms. The van der Waals surface area contributed by atoms with E-state index in [0.717, 1.165) is 46.8 Å². The molecule has 180 valence electrons. The minimum absolute atomic E-state index is 0.185. The van der Waals surface area contributed by atoms with Crippen LogP contribution in [0.15, 0.2) is 59.8 Å². The molecule has 1 aliphatic carbocycles.